The number of piperidine rings is 1. The van der Waals surface area contributed by atoms with Crippen LogP contribution in [0.15, 0.2) is 54.0 Å². The van der Waals surface area contributed by atoms with E-state index in [-0.39, 0.29) is 6.04 Å². The third kappa shape index (κ3) is 3.02. The summed E-state index contributed by atoms with van der Waals surface area (Å²) in [6, 6.07) is 6.99. The molecular weight excluding hydrogens is 270 g/mol. The minimum atomic E-state index is -3.46. The Balaban J connectivity index is 2.36. The molecule has 1 aliphatic rings. The molecule has 1 aromatic carbocycles. The van der Waals surface area contributed by atoms with Gasteiger partial charge in [0.25, 0.3) is 0 Å². The van der Waals surface area contributed by atoms with Crippen LogP contribution in [-0.4, -0.2) is 25.3 Å². The molecule has 0 amide bonds. The van der Waals surface area contributed by atoms with Gasteiger partial charge in [-0.1, -0.05) is 35.9 Å². The highest BCUT2D eigenvalue weighted by Crippen LogP contribution is 2.29. The van der Waals surface area contributed by atoms with E-state index in [1.807, 2.05) is 19.1 Å². The van der Waals surface area contributed by atoms with E-state index in [2.05, 4.69) is 13.2 Å². The summed E-state index contributed by atoms with van der Waals surface area (Å²) in [5.41, 5.74) is 2.02. The summed E-state index contributed by atoms with van der Waals surface area (Å²) in [6.45, 7) is 10.0. The molecule has 0 unspecified atom stereocenters. The second-order valence-corrected chi connectivity index (χ2v) is 7.22. The molecule has 0 radical (unpaired) electrons. The maximum Gasteiger partial charge on any atom is 0.243 e. The van der Waals surface area contributed by atoms with Gasteiger partial charge in [-0.2, -0.15) is 4.31 Å². The van der Waals surface area contributed by atoms with Gasteiger partial charge < -0.3 is 0 Å². The molecule has 1 aromatic rings. The zero-order valence-corrected chi connectivity index (χ0v) is 12.7. The number of nitrogens with zero attached hydrogens (tertiary/aromatic N) is 1. The van der Waals surface area contributed by atoms with Crippen molar-refractivity contribution < 1.29 is 8.42 Å². The molecule has 0 spiro atoms. The van der Waals surface area contributed by atoms with E-state index in [1.54, 1.807) is 22.5 Å². The first-order chi connectivity index (χ1) is 9.45. The van der Waals surface area contributed by atoms with Gasteiger partial charge in [-0.25, -0.2) is 8.42 Å². The van der Waals surface area contributed by atoms with Crippen molar-refractivity contribution in [3.05, 3.63) is 54.6 Å². The highest BCUT2D eigenvalue weighted by molar-refractivity contribution is 7.89. The van der Waals surface area contributed by atoms with E-state index in [1.165, 1.54) is 0 Å². The van der Waals surface area contributed by atoms with Gasteiger partial charge in [-0.05, 0) is 38.3 Å². The number of sulfonamides is 1. The minimum Gasteiger partial charge on any atom is -0.207 e. The van der Waals surface area contributed by atoms with E-state index in [4.69, 9.17) is 0 Å². The molecule has 2 rings (SSSR count). The lowest BCUT2D eigenvalue weighted by atomic mass is 9.99. The average Bonchev–Trinajstić information content (AvgIpc) is 2.41. The standard InChI is InChI=1S/C16H21NO2S/c1-4-5-15-9-6-14(3)12-17(15)20(18,19)16-10-7-13(2)8-11-16/h4,7-8,10-11,15H,1,3,5-6,9,12H2,2H3/t15-/m0/s1. The summed E-state index contributed by atoms with van der Waals surface area (Å²) in [5, 5.41) is 0. The molecule has 1 aliphatic heterocycles. The van der Waals surface area contributed by atoms with Gasteiger partial charge in [0.1, 0.15) is 0 Å². The molecule has 1 heterocycles. The van der Waals surface area contributed by atoms with Gasteiger partial charge in [0.15, 0.2) is 0 Å². The summed E-state index contributed by atoms with van der Waals surface area (Å²) >= 11 is 0. The summed E-state index contributed by atoms with van der Waals surface area (Å²) < 4.78 is 27.1. The van der Waals surface area contributed by atoms with Crippen LogP contribution in [0.25, 0.3) is 0 Å². The monoisotopic (exact) mass is 291 g/mol. The number of rotatable bonds is 4. The number of aryl methyl sites for hydroxylation is 1. The van der Waals surface area contributed by atoms with Crippen LogP contribution in [0.4, 0.5) is 0 Å². The number of hydrogen-bond donors (Lipinski definition) is 0. The zero-order chi connectivity index (χ0) is 14.8. The van der Waals surface area contributed by atoms with Crippen molar-refractivity contribution in [3.63, 3.8) is 0 Å². The summed E-state index contributed by atoms with van der Waals surface area (Å²) in [7, 11) is -3.46. The van der Waals surface area contributed by atoms with Crippen LogP contribution < -0.4 is 0 Å². The SMILES string of the molecule is C=CC[C@H]1CCC(=C)CN1S(=O)(=O)c1ccc(C)cc1. The fourth-order valence-electron chi connectivity index (χ4n) is 2.50. The first-order valence-corrected chi connectivity index (χ1v) is 8.25. The third-order valence-electron chi connectivity index (χ3n) is 3.68. The van der Waals surface area contributed by atoms with Gasteiger partial charge in [0, 0.05) is 12.6 Å². The van der Waals surface area contributed by atoms with E-state index in [0.29, 0.717) is 17.9 Å². The largest absolute Gasteiger partial charge is 0.243 e. The van der Waals surface area contributed by atoms with Crippen molar-refractivity contribution in [2.45, 2.75) is 37.1 Å². The molecule has 0 N–H and O–H groups in total. The Morgan fingerprint density at radius 3 is 2.60 bits per heavy atom. The van der Waals surface area contributed by atoms with Crippen molar-refractivity contribution in [2.24, 2.45) is 0 Å². The van der Waals surface area contributed by atoms with E-state index < -0.39 is 10.0 Å². The van der Waals surface area contributed by atoms with Crippen LogP contribution in [0, 0.1) is 6.92 Å². The molecule has 20 heavy (non-hydrogen) atoms. The molecular formula is C16H21NO2S. The summed E-state index contributed by atoms with van der Waals surface area (Å²) in [5.74, 6) is 0. The molecule has 0 saturated carbocycles. The highest BCUT2D eigenvalue weighted by atomic mass is 32.2. The van der Waals surface area contributed by atoms with Crippen molar-refractivity contribution >= 4 is 10.0 Å². The molecule has 1 fully saturated rings. The Morgan fingerprint density at radius 2 is 2.00 bits per heavy atom. The van der Waals surface area contributed by atoms with E-state index in [9.17, 15) is 8.42 Å². The molecule has 0 aliphatic carbocycles. The predicted octanol–water partition coefficient (Wildman–Crippen LogP) is 3.28. The fourth-order valence-corrected chi connectivity index (χ4v) is 4.19. The van der Waals surface area contributed by atoms with Crippen molar-refractivity contribution in [3.8, 4) is 0 Å². The number of hydrogen-bond acceptors (Lipinski definition) is 2. The van der Waals surface area contributed by atoms with E-state index >= 15 is 0 Å². The second kappa shape index (κ2) is 5.94. The minimum absolute atomic E-state index is 0.00990. The highest BCUT2D eigenvalue weighted by Gasteiger charge is 2.33. The normalized spacial score (nSPS) is 20.9. The maximum absolute atomic E-state index is 12.8. The predicted molar refractivity (Wildman–Crippen MR) is 82.0 cm³/mol. The van der Waals surface area contributed by atoms with Crippen LogP contribution in [0.3, 0.4) is 0 Å². The maximum atomic E-state index is 12.8. The average molecular weight is 291 g/mol. The van der Waals surface area contributed by atoms with Crippen LogP contribution >= 0.6 is 0 Å². The molecule has 1 saturated heterocycles. The quantitative estimate of drug-likeness (QED) is 0.798. The topological polar surface area (TPSA) is 37.4 Å². The molecule has 108 valence electrons. The lowest BCUT2D eigenvalue weighted by molar-refractivity contribution is 0.292. The lowest BCUT2D eigenvalue weighted by Crippen LogP contribution is -2.44. The lowest BCUT2D eigenvalue weighted by Gasteiger charge is -2.35. The van der Waals surface area contributed by atoms with Crippen molar-refractivity contribution in [2.75, 3.05) is 6.54 Å². The van der Waals surface area contributed by atoms with Crippen molar-refractivity contribution in [1.82, 2.24) is 4.31 Å². The Bertz CT molecular complexity index is 602. The van der Waals surface area contributed by atoms with Gasteiger partial charge in [0.05, 0.1) is 4.90 Å². The van der Waals surface area contributed by atoms with Crippen LogP contribution in [-0.2, 0) is 10.0 Å². The van der Waals surface area contributed by atoms with E-state index in [0.717, 1.165) is 24.0 Å². The van der Waals surface area contributed by atoms with Crippen LogP contribution in [0.2, 0.25) is 0 Å². The zero-order valence-electron chi connectivity index (χ0n) is 11.9. The first-order valence-electron chi connectivity index (χ1n) is 6.81. The molecule has 1 atom stereocenters. The Labute approximate surface area is 121 Å². The second-order valence-electron chi connectivity index (χ2n) is 5.33. The molecule has 0 aromatic heterocycles. The van der Waals surface area contributed by atoms with Gasteiger partial charge in [0.2, 0.25) is 10.0 Å². The van der Waals surface area contributed by atoms with Gasteiger partial charge in [-0.15, -0.1) is 6.58 Å². The fraction of sp³-hybridized carbons (Fsp3) is 0.375. The third-order valence-corrected chi connectivity index (χ3v) is 5.60. The van der Waals surface area contributed by atoms with Crippen molar-refractivity contribution in [1.29, 1.82) is 0 Å². The Morgan fingerprint density at radius 1 is 1.35 bits per heavy atom. The molecule has 0 bridgehead atoms. The van der Waals surface area contributed by atoms with Crippen LogP contribution in [0.1, 0.15) is 24.8 Å². The van der Waals surface area contributed by atoms with Gasteiger partial charge >= 0.3 is 0 Å². The molecule has 4 heteroatoms. The molecule has 3 nitrogen and oxygen atoms in total. The summed E-state index contributed by atoms with van der Waals surface area (Å²) in [6.07, 6.45) is 4.17. The summed E-state index contributed by atoms with van der Waals surface area (Å²) in [4.78, 5) is 0.354. The van der Waals surface area contributed by atoms with Crippen LogP contribution in [0.5, 0.6) is 0 Å². The Hall–Kier alpha value is -1.39. The number of benzene rings is 1. The first kappa shape index (κ1) is 15.0. The smallest absolute Gasteiger partial charge is 0.207 e. The Kier molecular flexibility index (Phi) is 4.45. The van der Waals surface area contributed by atoms with Gasteiger partial charge in [-0.3, -0.25) is 0 Å².